The Bertz CT molecular complexity index is 104. The number of rotatable bonds is 0. The molecule has 9 heavy (non-hydrogen) atoms. The van der Waals surface area contributed by atoms with Crippen molar-refractivity contribution in [2.45, 2.75) is 0 Å². The first-order valence-electron chi connectivity index (χ1n) is 1.03. The minimum Gasteiger partial charge on any atom is -1.00 e. The van der Waals surface area contributed by atoms with Gasteiger partial charge in [0.1, 0.15) is 0 Å². The maximum absolute atomic E-state index is 9.11. The van der Waals surface area contributed by atoms with Crippen LogP contribution in [0.15, 0.2) is 0 Å². The summed E-state index contributed by atoms with van der Waals surface area (Å²) in [6, 6.07) is 0. The molecule has 0 aliphatic heterocycles. The van der Waals surface area contributed by atoms with Gasteiger partial charge in [0.2, 0.25) is 0 Å². The van der Waals surface area contributed by atoms with Crippen LogP contribution >= 0.6 is 0 Å². The van der Waals surface area contributed by atoms with Crippen molar-refractivity contribution in [3.05, 3.63) is 0 Å². The van der Waals surface area contributed by atoms with E-state index in [-0.39, 0.29) is 36.5 Å². The second-order valence-corrected chi connectivity index (χ2v) is 2.65. The Morgan fingerprint density at radius 3 is 1.44 bits per heavy atom. The fourth-order valence-corrected chi connectivity index (χ4v) is 0. The summed E-state index contributed by atoms with van der Waals surface area (Å²) >= 11 is 3.47. The topological polar surface area (TPSA) is 141 Å². The van der Waals surface area contributed by atoms with E-state index >= 15 is 0 Å². The van der Waals surface area contributed by atoms with Gasteiger partial charge in [-0.2, -0.15) is 4.21 Å². The largest absolute Gasteiger partial charge is 1.00 e. The first-order valence-corrected chi connectivity index (χ1v) is 3.43. The van der Waals surface area contributed by atoms with Crippen LogP contribution in [0.25, 0.3) is 0 Å². The minimum atomic E-state index is -3.83. The van der Waals surface area contributed by atoms with Gasteiger partial charge < -0.3 is 6.90 Å². The van der Waals surface area contributed by atoms with Crippen molar-refractivity contribution >= 4 is 20.2 Å². The molecule has 0 saturated carbocycles. The van der Waals surface area contributed by atoms with Crippen LogP contribution in [0.3, 0.4) is 0 Å². The molecular formula is H9N2NaO4S2. The SMILES string of the molecule is NN.O.O=S(O)(O)=S.[H-].[Na+]. The average molecular weight is 188 g/mol. The molecule has 0 atom stereocenters. The van der Waals surface area contributed by atoms with Gasteiger partial charge in [-0.3, -0.25) is 20.8 Å². The monoisotopic (exact) mass is 188 g/mol. The molecule has 0 aliphatic rings. The zero-order valence-electron chi connectivity index (χ0n) is 5.77. The average Bonchev–Trinajstić information content (AvgIpc) is 1.36. The van der Waals surface area contributed by atoms with E-state index in [9.17, 15) is 0 Å². The Balaban J connectivity index is -0.0000000154. The van der Waals surface area contributed by atoms with Crippen LogP contribution in [0, 0.1) is 0 Å². The molecule has 0 bridgehead atoms. The second-order valence-electron chi connectivity index (χ2n) is 0.448. The van der Waals surface area contributed by atoms with E-state index in [4.69, 9.17) is 13.3 Å². The Kier molecular flexibility index (Phi) is 29.7. The fourth-order valence-electron chi connectivity index (χ4n) is 0. The van der Waals surface area contributed by atoms with Crippen molar-refractivity contribution < 1.29 is 49.8 Å². The van der Waals surface area contributed by atoms with Gasteiger partial charge in [-0.15, -0.1) is 0 Å². The van der Waals surface area contributed by atoms with Gasteiger partial charge in [-0.1, -0.05) is 0 Å². The van der Waals surface area contributed by atoms with Crippen molar-refractivity contribution in [3.8, 4) is 0 Å². The maximum atomic E-state index is 9.11. The van der Waals surface area contributed by atoms with Crippen molar-refractivity contribution in [3.63, 3.8) is 0 Å². The van der Waals surface area contributed by atoms with Gasteiger partial charge in [0.05, 0.1) is 0 Å². The Hall–Kier alpha value is 1.17. The molecule has 0 amide bonds. The zero-order chi connectivity index (χ0) is 6.50. The molecule has 0 aromatic heterocycles. The van der Waals surface area contributed by atoms with E-state index in [0.717, 1.165) is 0 Å². The van der Waals surface area contributed by atoms with Crippen LogP contribution in [0.4, 0.5) is 0 Å². The summed E-state index contributed by atoms with van der Waals surface area (Å²) < 4.78 is 24.0. The van der Waals surface area contributed by atoms with Gasteiger partial charge in [-0.25, -0.2) is 0 Å². The summed E-state index contributed by atoms with van der Waals surface area (Å²) in [5.74, 6) is 8.00. The normalized spacial score (nSPS) is 7.11. The smallest absolute Gasteiger partial charge is 1.00 e. The van der Waals surface area contributed by atoms with Crippen LogP contribution in [-0.4, -0.2) is 18.8 Å². The van der Waals surface area contributed by atoms with Crippen LogP contribution in [-0.2, 0) is 20.2 Å². The van der Waals surface area contributed by atoms with Crippen molar-refractivity contribution in [2.24, 2.45) is 11.7 Å². The summed E-state index contributed by atoms with van der Waals surface area (Å²) in [6.07, 6.45) is 0. The first kappa shape index (κ1) is 22.5. The third-order valence-corrected chi connectivity index (χ3v) is 0. The van der Waals surface area contributed by atoms with Gasteiger partial charge >= 0.3 is 29.6 Å². The minimum absolute atomic E-state index is 0. The van der Waals surface area contributed by atoms with Gasteiger partial charge in [0.15, 0.2) is 0 Å². The summed E-state index contributed by atoms with van der Waals surface area (Å²) in [5, 5.41) is 0. The zero-order valence-corrected chi connectivity index (χ0v) is 8.41. The Labute approximate surface area is 81.4 Å². The Morgan fingerprint density at radius 2 is 1.44 bits per heavy atom. The molecule has 0 aromatic rings. The van der Waals surface area contributed by atoms with E-state index in [1.165, 1.54) is 0 Å². The van der Waals surface area contributed by atoms with Gasteiger partial charge in [0.25, 0.3) is 9.05 Å². The van der Waals surface area contributed by atoms with Gasteiger partial charge in [-0.05, 0) is 0 Å². The molecule has 0 aliphatic carbocycles. The number of hydrogen-bond donors (Lipinski definition) is 4. The molecule has 0 heterocycles. The molecule has 6 nitrogen and oxygen atoms in total. The van der Waals surface area contributed by atoms with Crippen molar-refractivity contribution in [1.82, 2.24) is 0 Å². The molecule has 0 saturated heterocycles. The molecule has 8 N–H and O–H groups in total. The molecule has 0 fully saturated rings. The van der Waals surface area contributed by atoms with Gasteiger partial charge in [0, 0.05) is 11.2 Å². The number of hydrogen-bond acceptors (Lipinski definition) is 4. The molecule has 0 spiro atoms. The fraction of sp³-hybridized carbons (Fsp3) is 0. The van der Waals surface area contributed by atoms with Crippen LogP contribution in [0.5, 0.6) is 0 Å². The maximum Gasteiger partial charge on any atom is 1.00 e. The summed E-state index contributed by atoms with van der Waals surface area (Å²) in [7, 11) is -3.83. The summed E-state index contributed by atoms with van der Waals surface area (Å²) in [6.45, 7) is 0. The summed E-state index contributed by atoms with van der Waals surface area (Å²) in [4.78, 5) is 0. The third-order valence-electron chi connectivity index (χ3n) is 0. The van der Waals surface area contributed by atoms with Crippen LogP contribution in [0.2, 0.25) is 0 Å². The molecule has 0 unspecified atom stereocenters. The molecule has 9 heteroatoms. The Morgan fingerprint density at radius 1 is 1.44 bits per heavy atom. The molecule has 56 valence electrons. The molecule has 0 aromatic carbocycles. The van der Waals surface area contributed by atoms with Crippen molar-refractivity contribution in [1.29, 1.82) is 0 Å². The van der Waals surface area contributed by atoms with E-state index in [2.05, 4.69) is 22.9 Å². The molecular weight excluding hydrogens is 179 g/mol. The number of hydrazine groups is 1. The quantitative estimate of drug-likeness (QED) is 0.170. The van der Waals surface area contributed by atoms with E-state index < -0.39 is 9.05 Å². The van der Waals surface area contributed by atoms with Crippen LogP contribution < -0.4 is 41.2 Å². The number of nitrogens with two attached hydrogens (primary N) is 2. The standard InChI is InChI=1S/H4N2.Na.H2O3S2.H2O.H/c1-2;;1-5(2,3)4;;/h1-2H2;;(H2,1,2,3,4);1H2;/q;+1;;;-1. The molecule has 0 radical (unpaired) electrons. The summed E-state index contributed by atoms with van der Waals surface area (Å²) in [5.41, 5.74) is 0. The van der Waals surface area contributed by atoms with Crippen LogP contribution in [0.1, 0.15) is 1.43 Å². The second kappa shape index (κ2) is 11.9. The predicted molar refractivity (Wildman–Crippen MR) is 33.9 cm³/mol. The third kappa shape index (κ3) is 344. The van der Waals surface area contributed by atoms with E-state index in [1.54, 1.807) is 0 Å². The van der Waals surface area contributed by atoms with E-state index in [0.29, 0.717) is 0 Å². The van der Waals surface area contributed by atoms with E-state index in [1.807, 2.05) is 0 Å². The predicted octanol–water partition coefficient (Wildman–Crippen LogP) is -5.21. The first-order chi connectivity index (χ1) is 3.00. The molecule has 0 rings (SSSR count). The van der Waals surface area contributed by atoms with Crippen molar-refractivity contribution in [2.75, 3.05) is 0 Å².